The van der Waals surface area contributed by atoms with Gasteiger partial charge in [0.25, 0.3) is 5.69 Å². The molecule has 0 aliphatic heterocycles. The molecule has 2 aromatic rings. The lowest BCUT2D eigenvalue weighted by Gasteiger charge is -2.23. The minimum atomic E-state index is -3.89. The summed E-state index contributed by atoms with van der Waals surface area (Å²) in [6.07, 6.45) is 1.98. The van der Waals surface area contributed by atoms with Crippen molar-refractivity contribution in [3.63, 3.8) is 0 Å². The molecule has 1 atom stereocenters. The zero-order chi connectivity index (χ0) is 22.7. The van der Waals surface area contributed by atoms with Gasteiger partial charge >= 0.3 is 0 Å². The summed E-state index contributed by atoms with van der Waals surface area (Å²) < 4.78 is 48.1. The van der Waals surface area contributed by atoms with E-state index >= 15 is 0 Å². The maximum atomic E-state index is 12.5. The second kappa shape index (κ2) is 8.79. The van der Waals surface area contributed by atoms with Gasteiger partial charge in [0.2, 0.25) is 15.9 Å². The van der Waals surface area contributed by atoms with E-state index in [-0.39, 0.29) is 16.3 Å². The molecule has 30 heavy (non-hydrogen) atoms. The molecule has 0 saturated heterocycles. The van der Waals surface area contributed by atoms with Crippen LogP contribution in [0.15, 0.2) is 53.4 Å². The van der Waals surface area contributed by atoms with Gasteiger partial charge in [0.1, 0.15) is 6.54 Å². The van der Waals surface area contributed by atoms with Crippen molar-refractivity contribution in [2.75, 3.05) is 23.4 Å². The third kappa shape index (κ3) is 6.00. The van der Waals surface area contributed by atoms with E-state index in [2.05, 4.69) is 5.32 Å². The predicted molar refractivity (Wildman–Crippen MR) is 111 cm³/mol. The molecule has 0 spiro atoms. The van der Waals surface area contributed by atoms with Crippen molar-refractivity contribution in [3.05, 3.63) is 64.2 Å². The Hall–Kier alpha value is -2.99. The monoisotopic (exact) mass is 455 g/mol. The lowest BCUT2D eigenvalue weighted by Crippen LogP contribution is -2.41. The Morgan fingerprint density at radius 1 is 1.10 bits per heavy atom. The summed E-state index contributed by atoms with van der Waals surface area (Å²) in [5.74, 6) is -0.633. The van der Waals surface area contributed by atoms with Crippen LogP contribution >= 0.6 is 0 Å². The number of rotatable bonds is 8. The van der Waals surface area contributed by atoms with Gasteiger partial charge in [-0.25, -0.2) is 16.8 Å². The number of nitro groups is 1. The molecule has 12 heteroatoms. The second-order valence-electron chi connectivity index (χ2n) is 6.68. The van der Waals surface area contributed by atoms with Crippen molar-refractivity contribution in [1.82, 2.24) is 5.32 Å². The molecule has 0 aliphatic carbocycles. The van der Waals surface area contributed by atoms with Crippen molar-refractivity contribution in [1.29, 1.82) is 0 Å². The molecule has 1 unspecified atom stereocenters. The third-order valence-corrected chi connectivity index (χ3v) is 6.47. The Morgan fingerprint density at radius 3 is 2.20 bits per heavy atom. The lowest BCUT2D eigenvalue weighted by molar-refractivity contribution is -0.384. The lowest BCUT2D eigenvalue weighted by atomic mass is 10.1. The van der Waals surface area contributed by atoms with Gasteiger partial charge in [0.15, 0.2) is 9.84 Å². The number of hydrogen-bond donors (Lipinski definition) is 1. The summed E-state index contributed by atoms with van der Waals surface area (Å²) in [5.41, 5.74) is 0.310. The largest absolute Gasteiger partial charge is 0.348 e. The molecule has 10 nitrogen and oxygen atoms in total. The summed E-state index contributed by atoms with van der Waals surface area (Å²) in [6.45, 7) is 1.08. The number of amides is 1. The molecule has 2 aromatic carbocycles. The van der Waals surface area contributed by atoms with E-state index in [1.807, 2.05) is 0 Å². The molecule has 1 N–H and O–H groups in total. The number of carbonyl (C=O) groups is 1. The first-order valence-electron chi connectivity index (χ1n) is 8.60. The van der Waals surface area contributed by atoms with Crippen LogP contribution in [0.25, 0.3) is 0 Å². The van der Waals surface area contributed by atoms with E-state index in [1.165, 1.54) is 30.3 Å². The van der Waals surface area contributed by atoms with Crippen LogP contribution in [0.1, 0.15) is 18.5 Å². The van der Waals surface area contributed by atoms with Crippen LogP contribution in [-0.4, -0.2) is 46.7 Å². The van der Waals surface area contributed by atoms with Crippen LogP contribution in [0.2, 0.25) is 0 Å². The molecule has 0 bridgehead atoms. The van der Waals surface area contributed by atoms with Crippen LogP contribution in [-0.2, 0) is 24.7 Å². The van der Waals surface area contributed by atoms with E-state index in [9.17, 15) is 31.7 Å². The summed E-state index contributed by atoms with van der Waals surface area (Å²) in [4.78, 5) is 22.9. The zero-order valence-electron chi connectivity index (χ0n) is 16.5. The number of benzene rings is 2. The number of nitrogens with one attached hydrogen (secondary N) is 1. The van der Waals surface area contributed by atoms with E-state index in [4.69, 9.17) is 0 Å². The summed E-state index contributed by atoms with van der Waals surface area (Å²) in [7, 11) is -7.24. The Balaban J connectivity index is 2.18. The van der Waals surface area contributed by atoms with Crippen molar-refractivity contribution >= 4 is 37.1 Å². The van der Waals surface area contributed by atoms with E-state index < -0.39 is 43.3 Å². The van der Waals surface area contributed by atoms with Crippen LogP contribution in [0.4, 0.5) is 11.4 Å². The molecule has 0 heterocycles. The predicted octanol–water partition coefficient (Wildman–Crippen LogP) is 1.64. The number of anilines is 1. The number of non-ortho nitro benzene ring substituents is 1. The summed E-state index contributed by atoms with van der Waals surface area (Å²) in [6, 6.07) is 10.4. The van der Waals surface area contributed by atoms with E-state index in [1.54, 1.807) is 19.1 Å². The Morgan fingerprint density at radius 2 is 1.70 bits per heavy atom. The third-order valence-electron chi connectivity index (χ3n) is 4.20. The summed E-state index contributed by atoms with van der Waals surface area (Å²) in [5, 5.41) is 13.6. The fourth-order valence-electron chi connectivity index (χ4n) is 2.67. The van der Waals surface area contributed by atoms with Crippen molar-refractivity contribution < 1.29 is 26.6 Å². The Bertz CT molecular complexity index is 1160. The van der Waals surface area contributed by atoms with E-state index in [0.29, 0.717) is 5.56 Å². The van der Waals surface area contributed by atoms with Gasteiger partial charge in [-0.15, -0.1) is 0 Å². The molecular weight excluding hydrogens is 434 g/mol. The number of sulfone groups is 1. The second-order valence-corrected chi connectivity index (χ2v) is 10.6. The highest BCUT2D eigenvalue weighted by atomic mass is 32.2. The SMILES string of the molecule is CC(NC(=O)CN(c1cccc([N+](=O)[O-])c1)S(C)(=O)=O)c1ccc(S(C)(=O)=O)cc1. The highest BCUT2D eigenvalue weighted by Crippen LogP contribution is 2.23. The van der Waals surface area contributed by atoms with Gasteiger partial charge in [-0.3, -0.25) is 19.2 Å². The highest BCUT2D eigenvalue weighted by Gasteiger charge is 2.23. The van der Waals surface area contributed by atoms with E-state index in [0.717, 1.165) is 22.9 Å². The minimum absolute atomic E-state index is 0.00740. The number of carbonyl (C=O) groups excluding carboxylic acids is 1. The normalized spacial score (nSPS) is 12.8. The van der Waals surface area contributed by atoms with Crippen LogP contribution < -0.4 is 9.62 Å². The first-order chi connectivity index (χ1) is 13.8. The molecule has 162 valence electrons. The molecule has 1 amide bonds. The van der Waals surface area contributed by atoms with Crippen LogP contribution in [0, 0.1) is 10.1 Å². The number of sulfonamides is 1. The quantitative estimate of drug-likeness (QED) is 0.471. The van der Waals surface area contributed by atoms with Crippen molar-refractivity contribution in [3.8, 4) is 0 Å². The number of nitrogens with zero attached hydrogens (tertiary/aromatic N) is 2. The zero-order valence-corrected chi connectivity index (χ0v) is 18.1. The molecule has 0 radical (unpaired) electrons. The van der Waals surface area contributed by atoms with Gasteiger partial charge in [0.05, 0.1) is 27.8 Å². The molecule has 0 aliphatic rings. The topological polar surface area (TPSA) is 144 Å². The van der Waals surface area contributed by atoms with Gasteiger partial charge < -0.3 is 5.32 Å². The van der Waals surface area contributed by atoms with Crippen LogP contribution in [0.5, 0.6) is 0 Å². The smallest absolute Gasteiger partial charge is 0.271 e. The summed E-state index contributed by atoms with van der Waals surface area (Å²) >= 11 is 0. The van der Waals surface area contributed by atoms with Gasteiger partial charge in [-0.05, 0) is 30.7 Å². The average Bonchev–Trinajstić information content (AvgIpc) is 2.64. The molecule has 2 rings (SSSR count). The van der Waals surface area contributed by atoms with Gasteiger partial charge in [-0.1, -0.05) is 18.2 Å². The van der Waals surface area contributed by atoms with Crippen LogP contribution in [0.3, 0.4) is 0 Å². The Kier molecular flexibility index (Phi) is 6.83. The first kappa shape index (κ1) is 23.3. The van der Waals surface area contributed by atoms with Gasteiger partial charge in [-0.2, -0.15) is 0 Å². The Labute approximate surface area is 174 Å². The number of nitro benzene ring substituents is 1. The van der Waals surface area contributed by atoms with Crippen molar-refractivity contribution in [2.24, 2.45) is 0 Å². The molecule has 0 fully saturated rings. The fourth-order valence-corrected chi connectivity index (χ4v) is 4.15. The minimum Gasteiger partial charge on any atom is -0.348 e. The van der Waals surface area contributed by atoms with Gasteiger partial charge in [0, 0.05) is 18.4 Å². The standard InChI is InChI=1S/C18H21N3O7S2/c1-13(14-7-9-17(10-8-14)29(2,25)26)19-18(22)12-20(30(3,27)28)15-5-4-6-16(11-15)21(23)24/h4-11,13H,12H2,1-3H3,(H,19,22). The first-order valence-corrected chi connectivity index (χ1v) is 12.3. The highest BCUT2D eigenvalue weighted by molar-refractivity contribution is 7.92. The maximum absolute atomic E-state index is 12.5. The molecule has 0 aromatic heterocycles. The van der Waals surface area contributed by atoms with Crippen molar-refractivity contribution in [2.45, 2.75) is 17.9 Å². The fraction of sp³-hybridized carbons (Fsp3) is 0.278. The molecule has 0 saturated carbocycles. The maximum Gasteiger partial charge on any atom is 0.271 e. The average molecular weight is 456 g/mol. The number of hydrogen-bond acceptors (Lipinski definition) is 7. The molecular formula is C18H21N3O7S2.